The van der Waals surface area contributed by atoms with Gasteiger partial charge in [-0.2, -0.15) is 0 Å². The Hall–Kier alpha value is -3.51. The van der Waals surface area contributed by atoms with Crippen LogP contribution >= 0.6 is 0 Å². The molecule has 2 aliphatic rings. The number of aromatic hydroxyl groups is 2. The van der Waals surface area contributed by atoms with Gasteiger partial charge in [0.25, 0.3) is 0 Å². The predicted octanol–water partition coefficient (Wildman–Crippen LogP) is 7.00. The molecule has 3 atom stereocenters. The van der Waals surface area contributed by atoms with E-state index in [2.05, 4.69) is 11.8 Å². The van der Waals surface area contributed by atoms with Gasteiger partial charge in [0.2, 0.25) is 0 Å². The second-order valence-electron chi connectivity index (χ2n) is 10.5. The number of allylic oxidation sites excluding steroid dienone is 1. The zero-order valence-corrected chi connectivity index (χ0v) is 22.1. The fraction of sp³-hybridized carbons (Fsp3) is 0.375. The zero-order chi connectivity index (χ0) is 26.6. The molecule has 5 rings (SSSR count). The smallest absolute Gasteiger partial charge is 0.150 e. The fourth-order valence-corrected chi connectivity index (χ4v) is 5.56. The van der Waals surface area contributed by atoms with E-state index in [1.807, 2.05) is 43.3 Å². The van der Waals surface area contributed by atoms with Crippen molar-refractivity contribution < 1.29 is 24.1 Å². The largest absolute Gasteiger partial charge is 0.508 e. The fourth-order valence-electron chi connectivity index (χ4n) is 5.56. The lowest BCUT2D eigenvalue weighted by Crippen LogP contribution is -2.38. The first-order valence-electron chi connectivity index (χ1n) is 13.5. The number of benzene rings is 3. The molecule has 5 nitrogen and oxygen atoms in total. The van der Waals surface area contributed by atoms with Crippen LogP contribution in [0.4, 0.5) is 4.39 Å². The Labute approximate surface area is 224 Å². The number of nitrogens with zero attached hydrogens (tertiary/aromatic N) is 1. The van der Waals surface area contributed by atoms with Crippen LogP contribution in [0.5, 0.6) is 23.0 Å². The third-order valence-electron chi connectivity index (χ3n) is 7.83. The average Bonchev–Trinajstić information content (AvgIpc) is 3.18. The van der Waals surface area contributed by atoms with Crippen LogP contribution < -0.4 is 9.47 Å². The summed E-state index contributed by atoms with van der Waals surface area (Å²) in [5.74, 6) is 2.06. The molecule has 0 amide bonds. The third-order valence-corrected chi connectivity index (χ3v) is 7.83. The summed E-state index contributed by atoms with van der Waals surface area (Å²) >= 11 is 0. The van der Waals surface area contributed by atoms with Gasteiger partial charge in [0.15, 0.2) is 0 Å². The summed E-state index contributed by atoms with van der Waals surface area (Å²) in [6, 6.07) is 20.5. The molecule has 0 aromatic heterocycles. The maximum absolute atomic E-state index is 13.1. The van der Waals surface area contributed by atoms with Crippen molar-refractivity contribution in [2.45, 2.75) is 45.3 Å². The van der Waals surface area contributed by atoms with Crippen molar-refractivity contribution in [1.29, 1.82) is 0 Å². The molecule has 0 spiro atoms. The second kappa shape index (κ2) is 11.5. The van der Waals surface area contributed by atoms with E-state index in [0.29, 0.717) is 12.4 Å². The van der Waals surface area contributed by atoms with Gasteiger partial charge in [-0.15, -0.1) is 0 Å². The summed E-state index contributed by atoms with van der Waals surface area (Å²) in [4.78, 5) is 2.41. The highest BCUT2D eigenvalue weighted by molar-refractivity contribution is 5.95. The molecule has 3 unspecified atom stereocenters. The highest BCUT2D eigenvalue weighted by atomic mass is 19.1. The van der Waals surface area contributed by atoms with E-state index in [1.54, 1.807) is 30.3 Å². The Bertz CT molecular complexity index is 1290. The lowest BCUT2D eigenvalue weighted by Gasteiger charge is -2.31. The molecule has 2 N–H and O–H groups in total. The van der Waals surface area contributed by atoms with Crippen LogP contribution in [0, 0.1) is 5.92 Å². The first-order valence-corrected chi connectivity index (χ1v) is 13.5. The topological polar surface area (TPSA) is 62.2 Å². The quantitative estimate of drug-likeness (QED) is 0.353. The van der Waals surface area contributed by atoms with Crippen LogP contribution in [0.25, 0.3) is 11.1 Å². The lowest BCUT2D eigenvalue weighted by molar-refractivity contribution is 0.148. The standard InChI is InChI=1S/C32H36FNO4/c1-21(34-15-4-5-23(19-33)14-16-34)20-37-28-11-8-24(9-12-28)32-31(25-6-3-7-26(35)17-25)22(2)29-18-27(36)10-13-30(29)38-32/h3,6-13,17-18,21,23,32,35-36H,4-5,14-16,19-20H2,1-2H3. The number of phenols is 2. The molecule has 2 heterocycles. The van der Waals surface area contributed by atoms with Crippen LogP contribution in [0.2, 0.25) is 0 Å². The van der Waals surface area contributed by atoms with Crippen molar-refractivity contribution in [3.8, 4) is 23.0 Å². The Kier molecular flexibility index (Phi) is 7.89. The molecule has 0 aliphatic carbocycles. The van der Waals surface area contributed by atoms with Crippen LogP contribution in [0.3, 0.4) is 0 Å². The normalized spacial score (nSPS) is 20.8. The molecular weight excluding hydrogens is 481 g/mol. The van der Waals surface area contributed by atoms with Crippen LogP contribution in [0.15, 0.2) is 66.7 Å². The van der Waals surface area contributed by atoms with Gasteiger partial charge in [0.1, 0.15) is 35.7 Å². The monoisotopic (exact) mass is 517 g/mol. The first-order chi connectivity index (χ1) is 18.4. The van der Waals surface area contributed by atoms with Crippen molar-refractivity contribution in [3.63, 3.8) is 0 Å². The molecule has 1 fully saturated rings. The average molecular weight is 518 g/mol. The molecular formula is C32H36FNO4. The van der Waals surface area contributed by atoms with Crippen molar-refractivity contribution in [1.82, 2.24) is 4.90 Å². The van der Waals surface area contributed by atoms with Gasteiger partial charge >= 0.3 is 0 Å². The zero-order valence-electron chi connectivity index (χ0n) is 22.1. The van der Waals surface area contributed by atoms with Crippen LogP contribution in [-0.4, -0.2) is 47.5 Å². The van der Waals surface area contributed by atoms with Gasteiger partial charge in [-0.05, 0) is 111 Å². The number of hydrogen-bond acceptors (Lipinski definition) is 5. The van der Waals surface area contributed by atoms with Gasteiger partial charge in [-0.25, -0.2) is 0 Å². The highest BCUT2D eigenvalue weighted by Crippen LogP contribution is 2.47. The molecule has 0 bridgehead atoms. The minimum Gasteiger partial charge on any atom is -0.508 e. The van der Waals surface area contributed by atoms with E-state index in [4.69, 9.17) is 9.47 Å². The summed E-state index contributed by atoms with van der Waals surface area (Å²) < 4.78 is 25.7. The number of rotatable bonds is 7. The van der Waals surface area contributed by atoms with Gasteiger partial charge in [0.05, 0.1) is 6.67 Å². The van der Waals surface area contributed by atoms with Crippen molar-refractivity contribution in [2.24, 2.45) is 5.92 Å². The van der Waals surface area contributed by atoms with E-state index >= 15 is 0 Å². The van der Waals surface area contributed by atoms with Gasteiger partial charge in [0, 0.05) is 17.2 Å². The molecule has 3 aromatic rings. The van der Waals surface area contributed by atoms with Crippen molar-refractivity contribution in [3.05, 3.63) is 83.4 Å². The Balaban J connectivity index is 1.34. The van der Waals surface area contributed by atoms with E-state index in [1.165, 1.54) is 0 Å². The summed E-state index contributed by atoms with van der Waals surface area (Å²) in [5.41, 5.74) is 4.59. The minimum absolute atomic E-state index is 0.179. The second-order valence-corrected chi connectivity index (χ2v) is 10.5. The SMILES string of the molecule is CC1=C(c2cccc(O)c2)C(c2ccc(OCC(C)N3CCCC(CF)CC3)cc2)Oc2ccc(O)cc21. The molecule has 3 aromatic carbocycles. The first kappa shape index (κ1) is 26.1. The molecule has 38 heavy (non-hydrogen) atoms. The van der Waals surface area contributed by atoms with E-state index in [9.17, 15) is 14.6 Å². The van der Waals surface area contributed by atoms with Gasteiger partial charge in [-0.1, -0.05) is 24.3 Å². The Morgan fingerprint density at radius 1 is 1.00 bits per heavy atom. The van der Waals surface area contributed by atoms with E-state index in [0.717, 1.165) is 65.9 Å². The van der Waals surface area contributed by atoms with Gasteiger partial charge < -0.3 is 19.7 Å². The molecule has 0 radical (unpaired) electrons. The summed E-state index contributed by atoms with van der Waals surface area (Å²) in [7, 11) is 0. The molecule has 1 saturated heterocycles. The molecule has 0 saturated carbocycles. The van der Waals surface area contributed by atoms with Gasteiger partial charge in [-0.3, -0.25) is 9.29 Å². The maximum Gasteiger partial charge on any atom is 0.150 e. The summed E-state index contributed by atoms with van der Waals surface area (Å²) in [6.07, 6.45) is 2.53. The van der Waals surface area contributed by atoms with Crippen molar-refractivity contribution in [2.75, 3.05) is 26.4 Å². The predicted molar refractivity (Wildman–Crippen MR) is 148 cm³/mol. The number of fused-ring (bicyclic) bond motifs is 1. The molecule has 2 aliphatic heterocycles. The van der Waals surface area contributed by atoms with Crippen LogP contribution in [-0.2, 0) is 0 Å². The Morgan fingerprint density at radius 2 is 1.79 bits per heavy atom. The number of halogens is 1. The summed E-state index contributed by atoms with van der Waals surface area (Å²) in [6.45, 7) is 6.45. The number of ether oxygens (including phenoxy) is 2. The highest BCUT2D eigenvalue weighted by Gasteiger charge is 2.30. The Morgan fingerprint density at radius 3 is 2.55 bits per heavy atom. The lowest BCUT2D eigenvalue weighted by atomic mass is 9.86. The molecule has 200 valence electrons. The van der Waals surface area contributed by atoms with E-state index in [-0.39, 0.29) is 36.2 Å². The van der Waals surface area contributed by atoms with Crippen molar-refractivity contribution >= 4 is 11.1 Å². The van der Waals surface area contributed by atoms with E-state index < -0.39 is 0 Å². The summed E-state index contributed by atoms with van der Waals surface area (Å²) in [5, 5.41) is 20.2. The number of phenolic OH excluding ortho intramolecular Hbond substituents is 2. The van der Waals surface area contributed by atoms with Crippen LogP contribution in [0.1, 0.15) is 55.9 Å². The maximum atomic E-state index is 13.1. The number of hydrogen-bond donors (Lipinski definition) is 2. The number of likely N-dealkylation sites (tertiary alicyclic amines) is 1. The third kappa shape index (κ3) is 5.65. The molecule has 6 heteroatoms. The minimum atomic E-state index is -0.387. The number of alkyl halides is 1.